The fourth-order valence-corrected chi connectivity index (χ4v) is 4.45. The van der Waals surface area contributed by atoms with Gasteiger partial charge in [-0.05, 0) is 51.4 Å². The van der Waals surface area contributed by atoms with Crippen LogP contribution in [0.1, 0.15) is 36.9 Å². The SMILES string of the molecule is CCNC(=NCC(c1ccc(C)cc1)N1CCCC1)N1CCN(c2ncccn2)CC1. The lowest BCUT2D eigenvalue weighted by Crippen LogP contribution is -2.53. The molecule has 0 aliphatic carbocycles. The first-order chi connectivity index (χ1) is 15.2. The molecule has 4 rings (SSSR count). The van der Waals surface area contributed by atoms with Crippen molar-refractivity contribution < 1.29 is 0 Å². The zero-order valence-electron chi connectivity index (χ0n) is 18.9. The molecular weight excluding hydrogens is 386 g/mol. The van der Waals surface area contributed by atoms with E-state index in [1.807, 2.05) is 18.5 Å². The van der Waals surface area contributed by atoms with Crippen molar-refractivity contribution in [2.45, 2.75) is 32.7 Å². The number of benzene rings is 1. The van der Waals surface area contributed by atoms with Crippen LogP contribution in [0, 0.1) is 6.92 Å². The average molecular weight is 422 g/mol. The van der Waals surface area contributed by atoms with Gasteiger partial charge in [0, 0.05) is 45.1 Å². The van der Waals surface area contributed by atoms with E-state index >= 15 is 0 Å². The third kappa shape index (κ3) is 5.53. The van der Waals surface area contributed by atoms with E-state index in [1.165, 1.54) is 37.1 Å². The third-order valence-electron chi connectivity index (χ3n) is 6.21. The Labute approximate surface area is 186 Å². The predicted octanol–water partition coefficient (Wildman–Crippen LogP) is 2.71. The quantitative estimate of drug-likeness (QED) is 0.572. The van der Waals surface area contributed by atoms with Crippen molar-refractivity contribution in [3.8, 4) is 0 Å². The standard InChI is InChI=1S/C24H35N7/c1-3-25-23(30-15-17-31(18-16-30)24-26-11-6-12-27-24)28-19-22(29-13-4-5-14-29)21-9-7-20(2)8-10-21/h6-12,22H,3-5,13-19H2,1-2H3,(H,25,28). The highest BCUT2D eigenvalue weighted by Crippen LogP contribution is 2.26. The molecule has 2 fully saturated rings. The molecule has 1 unspecified atom stereocenters. The molecule has 0 spiro atoms. The maximum Gasteiger partial charge on any atom is 0.225 e. The first-order valence-corrected chi connectivity index (χ1v) is 11.6. The maximum absolute atomic E-state index is 5.12. The van der Waals surface area contributed by atoms with Gasteiger partial charge in [-0.3, -0.25) is 9.89 Å². The van der Waals surface area contributed by atoms with E-state index in [-0.39, 0.29) is 0 Å². The Kier molecular flexibility index (Phi) is 7.35. The van der Waals surface area contributed by atoms with Gasteiger partial charge in [-0.2, -0.15) is 0 Å². The van der Waals surface area contributed by atoms with Crippen LogP contribution in [0.2, 0.25) is 0 Å². The topological polar surface area (TPSA) is 59.9 Å². The van der Waals surface area contributed by atoms with Crippen LogP contribution < -0.4 is 10.2 Å². The summed E-state index contributed by atoms with van der Waals surface area (Å²) in [4.78, 5) is 21.1. The minimum absolute atomic E-state index is 0.343. The first kappa shape index (κ1) is 21.6. The minimum atomic E-state index is 0.343. The number of nitrogens with zero attached hydrogens (tertiary/aromatic N) is 6. The van der Waals surface area contributed by atoms with E-state index in [9.17, 15) is 0 Å². The normalized spacial score (nSPS) is 19.0. The number of rotatable bonds is 6. The Morgan fingerprint density at radius 2 is 1.68 bits per heavy atom. The van der Waals surface area contributed by atoms with E-state index in [2.05, 4.69) is 68.1 Å². The molecule has 7 nitrogen and oxygen atoms in total. The van der Waals surface area contributed by atoms with Gasteiger partial charge in [0.15, 0.2) is 5.96 Å². The van der Waals surface area contributed by atoms with Gasteiger partial charge >= 0.3 is 0 Å². The van der Waals surface area contributed by atoms with Crippen molar-refractivity contribution in [1.29, 1.82) is 0 Å². The lowest BCUT2D eigenvalue weighted by molar-refractivity contribution is 0.250. The number of nitrogens with one attached hydrogen (secondary N) is 1. The number of aryl methyl sites for hydroxylation is 1. The monoisotopic (exact) mass is 421 g/mol. The Bertz CT molecular complexity index is 823. The molecule has 1 atom stereocenters. The molecule has 0 saturated carbocycles. The third-order valence-corrected chi connectivity index (χ3v) is 6.21. The van der Waals surface area contributed by atoms with Crippen LogP contribution in [0.25, 0.3) is 0 Å². The molecule has 0 amide bonds. The predicted molar refractivity (Wildman–Crippen MR) is 127 cm³/mol. The molecule has 2 aliphatic heterocycles. The summed E-state index contributed by atoms with van der Waals surface area (Å²) in [5, 5.41) is 3.52. The molecular formula is C24H35N7. The Morgan fingerprint density at radius 1 is 1.00 bits per heavy atom. The van der Waals surface area contributed by atoms with Gasteiger partial charge in [0.2, 0.25) is 5.95 Å². The molecule has 3 heterocycles. The number of anilines is 1. The zero-order chi connectivity index (χ0) is 21.5. The van der Waals surface area contributed by atoms with Crippen LogP contribution in [0.3, 0.4) is 0 Å². The second-order valence-electron chi connectivity index (χ2n) is 8.39. The molecule has 0 radical (unpaired) electrons. The summed E-state index contributed by atoms with van der Waals surface area (Å²) in [7, 11) is 0. The van der Waals surface area contributed by atoms with Crippen LogP contribution in [0.5, 0.6) is 0 Å². The summed E-state index contributed by atoms with van der Waals surface area (Å²) >= 11 is 0. The molecule has 1 aromatic carbocycles. The number of hydrogen-bond donors (Lipinski definition) is 1. The minimum Gasteiger partial charge on any atom is -0.357 e. The molecule has 7 heteroatoms. The van der Waals surface area contributed by atoms with E-state index < -0.39 is 0 Å². The number of aromatic nitrogens is 2. The van der Waals surface area contributed by atoms with E-state index in [0.717, 1.165) is 51.2 Å². The lowest BCUT2D eigenvalue weighted by atomic mass is 10.0. The number of hydrogen-bond acceptors (Lipinski definition) is 5. The van der Waals surface area contributed by atoms with Crippen molar-refractivity contribution in [2.24, 2.45) is 4.99 Å². The van der Waals surface area contributed by atoms with Crippen LogP contribution in [-0.2, 0) is 0 Å². The van der Waals surface area contributed by atoms with Crippen LogP contribution >= 0.6 is 0 Å². The summed E-state index contributed by atoms with van der Waals surface area (Å²) in [6.07, 6.45) is 6.19. The summed E-state index contributed by atoms with van der Waals surface area (Å²) in [6, 6.07) is 11.2. The van der Waals surface area contributed by atoms with Gasteiger partial charge in [-0.1, -0.05) is 29.8 Å². The largest absolute Gasteiger partial charge is 0.357 e. The molecule has 166 valence electrons. The molecule has 31 heavy (non-hydrogen) atoms. The first-order valence-electron chi connectivity index (χ1n) is 11.6. The Balaban J connectivity index is 1.45. The van der Waals surface area contributed by atoms with Crippen molar-refractivity contribution in [3.63, 3.8) is 0 Å². The van der Waals surface area contributed by atoms with Gasteiger partial charge in [0.05, 0.1) is 12.6 Å². The van der Waals surface area contributed by atoms with Crippen molar-refractivity contribution in [1.82, 2.24) is 25.1 Å². The summed E-state index contributed by atoms with van der Waals surface area (Å²) in [5.74, 6) is 1.84. The molecule has 1 aromatic heterocycles. The van der Waals surface area contributed by atoms with E-state index in [4.69, 9.17) is 4.99 Å². The maximum atomic E-state index is 5.12. The van der Waals surface area contributed by atoms with Crippen molar-refractivity contribution >= 4 is 11.9 Å². The fraction of sp³-hybridized carbons (Fsp3) is 0.542. The van der Waals surface area contributed by atoms with Gasteiger partial charge in [0.25, 0.3) is 0 Å². The summed E-state index contributed by atoms with van der Waals surface area (Å²) < 4.78 is 0. The van der Waals surface area contributed by atoms with Gasteiger partial charge < -0.3 is 15.1 Å². The van der Waals surface area contributed by atoms with E-state index in [1.54, 1.807) is 0 Å². The number of likely N-dealkylation sites (tertiary alicyclic amines) is 1. The summed E-state index contributed by atoms with van der Waals surface area (Å²) in [6.45, 7) is 11.9. The molecule has 0 bridgehead atoms. The Morgan fingerprint density at radius 3 is 2.32 bits per heavy atom. The van der Waals surface area contributed by atoms with Crippen LogP contribution in [0.4, 0.5) is 5.95 Å². The second kappa shape index (κ2) is 10.6. The lowest BCUT2D eigenvalue weighted by Gasteiger charge is -2.36. The second-order valence-corrected chi connectivity index (χ2v) is 8.39. The molecule has 2 saturated heterocycles. The van der Waals surface area contributed by atoms with Crippen LogP contribution in [0.15, 0.2) is 47.7 Å². The highest BCUT2D eigenvalue weighted by Gasteiger charge is 2.25. The van der Waals surface area contributed by atoms with Gasteiger partial charge in [-0.25, -0.2) is 9.97 Å². The number of guanidine groups is 1. The van der Waals surface area contributed by atoms with Crippen molar-refractivity contribution in [3.05, 3.63) is 53.9 Å². The fourth-order valence-electron chi connectivity index (χ4n) is 4.45. The van der Waals surface area contributed by atoms with Gasteiger partial charge in [-0.15, -0.1) is 0 Å². The number of piperazine rings is 1. The average Bonchev–Trinajstić information content (AvgIpc) is 3.35. The highest BCUT2D eigenvalue weighted by molar-refractivity contribution is 5.80. The molecule has 2 aromatic rings. The molecule has 1 N–H and O–H groups in total. The molecule has 2 aliphatic rings. The summed E-state index contributed by atoms with van der Waals surface area (Å²) in [5.41, 5.74) is 2.68. The zero-order valence-corrected chi connectivity index (χ0v) is 18.9. The van der Waals surface area contributed by atoms with E-state index in [0.29, 0.717) is 6.04 Å². The highest BCUT2D eigenvalue weighted by atomic mass is 15.4. The number of aliphatic imine (C=N–C) groups is 1. The Hall–Kier alpha value is -2.67. The van der Waals surface area contributed by atoms with Gasteiger partial charge in [0.1, 0.15) is 0 Å². The smallest absolute Gasteiger partial charge is 0.225 e. The van der Waals surface area contributed by atoms with Crippen LogP contribution in [-0.4, -0.2) is 78.1 Å². The van der Waals surface area contributed by atoms with Crippen molar-refractivity contribution in [2.75, 3.05) is 57.3 Å².